The highest BCUT2D eigenvalue weighted by Gasteiger charge is 2.13. The maximum Gasteiger partial charge on any atom is 0.136 e. The van der Waals surface area contributed by atoms with Crippen molar-refractivity contribution in [1.29, 1.82) is 0 Å². The first-order chi connectivity index (χ1) is 11.9. The van der Waals surface area contributed by atoms with Gasteiger partial charge in [0, 0.05) is 17.5 Å². The highest BCUT2D eigenvalue weighted by atomic mass is 35.5. The van der Waals surface area contributed by atoms with E-state index in [0.29, 0.717) is 16.7 Å². The lowest BCUT2D eigenvalue weighted by molar-refractivity contribution is 1.15. The van der Waals surface area contributed by atoms with E-state index in [1.165, 1.54) is 17.5 Å². The van der Waals surface area contributed by atoms with Crippen LogP contribution in [0.4, 0.5) is 11.6 Å². The number of aryl methyl sites for hydroxylation is 3. The summed E-state index contributed by atoms with van der Waals surface area (Å²) in [5.74, 6) is 1.20. The van der Waals surface area contributed by atoms with Crippen molar-refractivity contribution in [3.05, 3.63) is 64.2 Å². The number of nitrogens with zero attached hydrogens (tertiary/aromatic N) is 2. The van der Waals surface area contributed by atoms with Crippen LogP contribution in [-0.2, 0) is 0 Å². The minimum Gasteiger partial charge on any atom is -0.384 e. The van der Waals surface area contributed by atoms with E-state index in [1.807, 2.05) is 24.3 Å². The van der Waals surface area contributed by atoms with E-state index in [1.54, 1.807) is 6.07 Å². The van der Waals surface area contributed by atoms with Gasteiger partial charge in [-0.15, -0.1) is 0 Å². The van der Waals surface area contributed by atoms with Crippen molar-refractivity contribution in [2.45, 2.75) is 25.8 Å². The highest BCUT2D eigenvalue weighted by molar-refractivity contribution is 8.00. The molecule has 0 amide bonds. The summed E-state index contributed by atoms with van der Waals surface area (Å²) in [6.45, 7) is 6.25. The topological polar surface area (TPSA) is 63.8 Å². The summed E-state index contributed by atoms with van der Waals surface area (Å²) in [4.78, 5) is 8.96. The molecule has 3 rings (SSSR count). The second-order valence-electron chi connectivity index (χ2n) is 5.91. The van der Waals surface area contributed by atoms with E-state index in [9.17, 15) is 0 Å². The molecule has 0 atom stereocenters. The van der Waals surface area contributed by atoms with Crippen LogP contribution in [-0.4, -0.2) is 9.97 Å². The summed E-state index contributed by atoms with van der Waals surface area (Å²) in [6, 6.07) is 13.5. The van der Waals surface area contributed by atoms with E-state index in [-0.39, 0.29) is 0 Å². The zero-order valence-corrected chi connectivity index (χ0v) is 15.9. The predicted molar refractivity (Wildman–Crippen MR) is 107 cm³/mol. The first-order valence-electron chi connectivity index (χ1n) is 7.84. The summed E-state index contributed by atoms with van der Waals surface area (Å²) >= 11 is 7.79. The summed E-state index contributed by atoms with van der Waals surface area (Å²) in [5, 5.41) is 1.41. The Bertz CT molecular complexity index is 904. The van der Waals surface area contributed by atoms with E-state index < -0.39 is 0 Å². The smallest absolute Gasteiger partial charge is 0.136 e. The van der Waals surface area contributed by atoms with Crippen LogP contribution < -0.4 is 10.5 Å². The molecule has 3 aromatic rings. The first kappa shape index (κ1) is 17.6. The Hall–Kier alpha value is -2.24. The molecule has 0 radical (unpaired) electrons. The molecule has 0 saturated heterocycles. The fraction of sp³-hybridized carbons (Fsp3) is 0.158. The van der Waals surface area contributed by atoms with Crippen molar-refractivity contribution in [2.75, 3.05) is 10.5 Å². The number of halogens is 1. The number of hydrogen-bond acceptors (Lipinski definition) is 5. The van der Waals surface area contributed by atoms with Gasteiger partial charge in [-0.3, -0.25) is 0 Å². The second kappa shape index (κ2) is 7.33. The number of anilines is 2. The number of aromatic nitrogens is 2. The summed E-state index contributed by atoms with van der Waals surface area (Å²) in [7, 11) is 0. The SMILES string of the molecule is Cc1cc(C)c(-c2nc(NSc3cccc(N)n3)ccc2Cl)c(C)c1. The van der Waals surface area contributed by atoms with E-state index in [0.717, 1.165) is 27.4 Å². The molecule has 0 bridgehead atoms. The molecule has 0 aliphatic carbocycles. The zero-order valence-electron chi connectivity index (χ0n) is 14.3. The van der Waals surface area contributed by atoms with Gasteiger partial charge in [0.1, 0.15) is 16.7 Å². The van der Waals surface area contributed by atoms with Crippen molar-refractivity contribution in [3.63, 3.8) is 0 Å². The highest BCUT2D eigenvalue weighted by Crippen LogP contribution is 2.33. The molecule has 0 spiro atoms. The molecule has 0 aliphatic heterocycles. The zero-order chi connectivity index (χ0) is 18.0. The van der Waals surface area contributed by atoms with E-state index >= 15 is 0 Å². The summed E-state index contributed by atoms with van der Waals surface area (Å²) in [6.07, 6.45) is 0. The number of nitrogens with two attached hydrogens (primary N) is 1. The lowest BCUT2D eigenvalue weighted by atomic mass is 9.97. The van der Waals surface area contributed by atoms with Crippen molar-refractivity contribution in [2.24, 2.45) is 0 Å². The monoisotopic (exact) mass is 370 g/mol. The van der Waals surface area contributed by atoms with Gasteiger partial charge in [0.05, 0.1) is 10.7 Å². The summed E-state index contributed by atoms with van der Waals surface area (Å²) in [5.41, 5.74) is 11.1. The molecule has 25 heavy (non-hydrogen) atoms. The summed E-state index contributed by atoms with van der Waals surface area (Å²) < 4.78 is 3.20. The molecule has 128 valence electrons. The lowest BCUT2D eigenvalue weighted by Gasteiger charge is -2.14. The van der Waals surface area contributed by atoms with Gasteiger partial charge in [-0.1, -0.05) is 35.4 Å². The number of benzene rings is 1. The number of pyridine rings is 2. The fourth-order valence-electron chi connectivity index (χ4n) is 2.82. The Balaban J connectivity index is 1.91. The van der Waals surface area contributed by atoms with Crippen molar-refractivity contribution < 1.29 is 0 Å². The third-order valence-electron chi connectivity index (χ3n) is 3.77. The second-order valence-corrected chi connectivity index (χ2v) is 7.14. The van der Waals surface area contributed by atoms with Gasteiger partial charge in [-0.05, 0) is 56.2 Å². The van der Waals surface area contributed by atoms with Crippen molar-refractivity contribution in [3.8, 4) is 11.3 Å². The average Bonchev–Trinajstić information content (AvgIpc) is 2.54. The molecule has 0 saturated carbocycles. The Kier molecular flexibility index (Phi) is 5.16. The molecule has 4 nitrogen and oxygen atoms in total. The van der Waals surface area contributed by atoms with Crippen LogP contribution in [0.2, 0.25) is 5.02 Å². The van der Waals surface area contributed by atoms with Crippen LogP contribution in [0.5, 0.6) is 0 Å². The predicted octanol–water partition coefficient (Wildman–Crippen LogP) is 5.42. The van der Waals surface area contributed by atoms with Crippen molar-refractivity contribution in [1.82, 2.24) is 9.97 Å². The lowest BCUT2D eigenvalue weighted by Crippen LogP contribution is -1.98. The quantitative estimate of drug-likeness (QED) is 0.600. The molecule has 0 aliphatic rings. The normalized spacial score (nSPS) is 10.7. The fourth-order valence-corrected chi connectivity index (χ4v) is 3.64. The van der Waals surface area contributed by atoms with Crippen LogP contribution in [0.3, 0.4) is 0 Å². The van der Waals surface area contributed by atoms with Gasteiger partial charge in [0.25, 0.3) is 0 Å². The average molecular weight is 371 g/mol. The van der Waals surface area contributed by atoms with Gasteiger partial charge in [-0.25, -0.2) is 9.97 Å². The third-order valence-corrected chi connectivity index (χ3v) is 4.82. The van der Waals surface area contributed by atoms with Gasteiger partial charge < -0.3 is 10.5 Å². The first-order valence-corrected chi connectivity index (χ1v) is 9.03. The maximum atomic E-state index is 6.43. The van der Waals surface area contributed by atoms with E-state index in [2.05, 4.69) is 42.6 Å². The third kappa shape index (κ3) is 4.06. The Morgan fingerprint density at radius 3 is 2.40 bits per heavy atom. The minimum absolute atomic E-state index is 0.488. The van der Waals surface area contributed by atoms with Gasteiger partial charge in [0.2, 0.25) is 0 Å². The molecule has 3 N–H and O–H groups in total. The van der Waals surface area contributed by atoms with Gasteiger partial charge in [0.15, 0.2) is 0 Å². The van der Waals surface area contributed by atoms with Crippen LogP contribution in [0.25, 0.3) is 11.3 Å². The van der Waals surface area contributed by atoms with Crippen LogP contribution in [0, 0.1) is 20.8 Å². The van der Waals surface area contributed by atoms with Gasteiger partial charge in [-0.2, -0.15) is 0 Å². The van der Waals surface area contributed by atoms with Crippen LogP contribution in [0.1, 0.15) is 16.7 Å². The number of nitrogens with one attached hydrogen (secondary N) is 1. The van der Waals surface area contributed by atoms with Crippen LogP contribution in [0.15, 0.2) is 47.5 Å². The Morgan fingerprint density at radius 2 is 1.72 bits per heavy atom. The molecule has 2 aromatic heterocycles. The molecular weight excluding hydrogens is 352 g/mol. The van der Waals surface area contributed by atoms with Crippen molar-refractivity contribution >= 4 is 35.2 Å². The maximum absolute atomic E-state index is 6.43. The molecule has 0 fully saturated rings. The Morgan fingerprint density at radius 1 is 1.00 bits per heavy atom. The number of nitrogen functional groups attached to an aromatic ring is 1. The van der Waals surface area contributed by atoms with Crippen LogP contribution >= 0.6 is 23.5 Å². The standard InChI is InChI=1S/C19H19ClN4S/c1-11-9-12(2)18(13(3)10-11)19-14(20)7-8-16(23-19)24-25-17-6-4-5-15(21)22-17/h4-10H,1-3H3,(H2,21,22)(H,23,24). The molecule has 2 heterocycles. The Labute approximate surface area is 157 Å². The molecule has 6 heteroatoms. The molecular formula is C19H19ClN4S. The van der Waals surface area contributed by atoms with E-state index in [4.69, 9.17) is 22.3 Å². The van der Waals surface area contributed by atoms with Gasteiger partial charge >= 0.3 is 0 Å². The number of hydrogen-bond donors (Lipinski definition) is 2. The molecule has 0 unspecified atom stereocenters. The number of rotatable bonds is 4. The largest absolute Gasteiger partial charge is 0.384 e. The minimum atomic E-state index is 0.488. The molecule has 1 aromatic carbocycles.